The number of methoxy groups -OCH3 is 1. The minimum atomic E-state index is -1.04. The Morgan fingerprint density at radius 2 is 1.83 bits per heavy atom. The molecule has 2 aromatic rings. The number of hydrogen-bond donors (Lipinski definition) is 1. The van der Waals surface area contributed by atoms with Crippen LogP contribution in [0.4, 0.5) is 4.79 Å². The highest BCUT2D eigenvalue weighted by Crippen LogP contribution is 2.37. The fraction of sp³-hybridized carbons (Fsp3) is 0.308. The van der Waals surface area contributed by atoms with Crippen molar-refractivity contribution in [3.05, 3.63) is 64.1 Å². The summed E-state index contributed by atoms with van der Waals surface area (Å²) in [5, 5.41) is 8.73. The van der Waals surface area contributed by atoms with E-state index >= 15 is 0 Å². The number of aromatic carboxylic acids is 1. The van der Waals surface area contributed by atoms with Gasteiger partial charge in [-0.3, -0.25) is 19.3 Å². The molecule has 10 heteroatoms. The molecule has 9 nitrogen and oxygen atoms in total. The second-order valence-corrected chi connectivity index (χ2v) is 9.38. The zero-order chi connectivity index (χ0) is 25.7. The lowest BCUT2D eigenvalue weighted by Gasteiger charge is -2.27. The van der Waals surface area contributed by atoms with E-state index in [0.717, 1.165) is 35.9 Å². The lowest BCUT2D eigenvalue weighted by Crippen LogP contribution is -2.44. The molecule has 2 aliphatic rings. The van der Waals surface area contributed by atoms with E-state index in [0.29, 0.717) is 35.7 Å². The highest BCUT2D eigenvalue weighted by atomic mass is 32.2. The molecule has 0 aliphatic carbocycles. The Morgan fingerprint density at radius 3 is 2.56 bits per heavy atom. The van der Waals surface area contributed by atoms with Gasteiger partial charge in [-0.1, -0.05) is 24.3 Å². The number of rotatable bonds is 8. The molecule has 2 fully saturated rings. The van der Waals surface area contributed by atoms with Crippen LogP contribution < -0.4 is 9.47 Å². The van der Waals surface area contributed by atoms with Gasteiger partial charge in [-0.2, -0.15) is 0 Å². The molecule has 36 heavy (non-hydrogen) atoms. The van der Waals surface area contributed by atoms with Gasteiger partial charge in [0, 0.05) is 18.7 Å². The number of ether oxygens (including phenoxy) is 2. The second-order valence-electron chi connectivity index (χ2n) is 8.38. The van der Waals surface area contributed by atoms with E-state index in [2.05, 4.69) is 0 Å². The number of hydrogen-bond acceptors (Lipinski definition) is 7. The Bertz CT molecular complexity index is 1220. The zero-order valence-electron chi connectivity index (χ0n) is 19.8. The predicted octanol–water partition coefficient (Wildman–Crippen LogP) is 4.02. The van der Waals surface area contributed by atoms with Crippen LogP contribution in [-0.2, 0) is 16.2 Å². The van der Waals surface area contributed by atoms with Crippen molar-refractivity contribution >= 4 is 40.9 Å². The van der Waals surface area contributed by atoms with Crippen LogP contribution in [-0.4, -0.2) is 64.7 Å². The topological polar surface area (TPSA) is 113 Å². The zero-order valence-corrected chi connectivity index (χ0v) is 20.6. The van der Waals surface area contributed by atoms with Gasteiger partial charge in [0.2, 0.25) is 5.91 Å². The summed E-state index contributed by atoms with van der Waals surface area (Å²) in [7, 11) is 1.48. The van der Waals surface area contributed by atoms with Crippen LogP contribution in [0, 0.1) is 0 Å². The lowest BCUT2D eigenvalue weighted by molar-refractivity contribution is -0.136. The smallest absolute Gasteiger partial charge is 0.335 e. The maximum atomic E-state index is 13.0. The molecule has 2 aliphatic heterocycles. The maximum absolute atomic E-state index is 13.0. The van der Waals surface area contributed by atoms with Crippen LogP contribution in [0.2, 0.25) is 0 Å². The average Bonchev–Trinajstić information content (AvgIpc) is 3.15. The van der Waals surface area contributed by atoms with Crippen molar-refractivity contribution in [3.63, 3.8) is 0 Å². The van der Waals surface area contributed by atoms with Crippen molar-refractivity contribution in [1.29, 1.82) is 0 Å². The molecule has 1 N–H and O–H groups in total. The van der Waals surface area contributed by atoms with E-state index in [1.165, 1.54) is 19.2 Å². The average molecular weight is 511 g/mol. The number of imide groups is 1. The maximum Gasteiger partial charge on any atom is 0.335 e. The molecule has 3 amide bonds. The summed E-state index contributed by atoms with van der Waals surface area (Å²) in [5.74, 6) is -1.04. The number of nitrogens with zero attached hydrogens (tertiary/aromatic N) is 2. The molecule has 0 radical (unpaired) electrons. The highest BCUT2D eigenvalue weighted by molar-refractivity contribution is 8.18. The Morgan fingerprint density at radius 1 is 1.08 bits per heavy atom. The van der Waals surface area contributed by atoms with Crippen LogP contribution in [0.5, 0.6) is 11.5 Å². The quantitative estimate of drug-likeness (QED) is 0.530. The third kappa shape index (κ3) is 5.71. The first-order chi connectivity index (χ1) is 17.4. The summed E-state index contributed by atoms with van der Waals surface area (Å²) in [6, 6.07) is 11.5. The second kappa shape index (κ2) is 11.3. The van der Waals surface area contributed by atoms with Gasteiger partial charge in [-0.05, 0) is 60.9 Å². The minimum Gasteiger partial charge on any atom is -0.493 e. The number of carbonyl (C=O) groups is 4. The first-order valence-electron chi connectivity index (χ1n) is 11.5. The molecule has 0 saturated carbocycles. The Labute approximate surface area is 212 Å². The number of carbonyl (C=O) groups excluding carboxylic acids is 3. The van der Waals surface area contributed by atoms with Gasteiger partial charge in [0.05, 0.1) is 17.6 Å². The van der Waals surface area contributed by atoms with Crippen LogP contribution in [0.3, 0.4) is 0 Å². The van der Waals surface area contributed by atoms with Crippen LogP contribution in [0.15, 0.2) is 47.4 Å². The third-order valence-electron chi connectivity index (χ3n) is 5.95. The molecule has 2 aromatic carbocycles. The summed E-state index contributed by atoms with van der Waals surface area (Å²) in [6.07, 6.45) is 4.46. The van der Waals surface area contributed by atoms with Gasteiger partial charge in [0.25, 0.3) is 11.1 Å². The molecule has 2 heterocycles. The van der Waals surface area contributed by atoms with E-state index in [9.17, 15) is 24.3 Å². The Hall–Kier alpha value is -3.79. The number of benzene rings is 2. The predicted molar refractivity (Wildman–Crippen MR) is 134 cm³/mol. The molecular formula is C26H26N2O7S. The molecular weight excluding hydrogens is 484 g/mol. The third-order valence-corrected chi connectivity index (χ3v) is 6.86. The van der Waals surface area contributed by atoms with Crippen molar-refractivity contribution in [2.75, 3.05) is 26.7 Å². The number of thioether (sulfide) groups is 1. The molecule has 188 valence electrons. The van der Waals surface area contributed by atoms with Crippen molar-refractivity contribution in [2.45, 2.75) is 25.9 Å². The summed E-state index contributed by atoms with van der Waals surface area (Å²) in [6.45, 7) is 1.08. The number of piperidine rings is 1. The van der Waals surface area contributed by atoms with E-state index < -0.39 is 17.1 Å². The highest BCUT2D eigenvalue weighted by Gasteiger charge is 2.37. The van der Waals surface area contributed by atoms with E-state index in [4.69, 9.17) is 9.47 Å². The van der Waals surface area contributed by atoms with Gasteiger partial charge in [0.1, 0.15) is 13.2 Å². The number of amides is 3. The minimum absolute atomic E-state index is 0.0636. The molecule has 0 unspecified atom stereocenters. The van der Waals surface area contributed by atoms with Crippen molar-refractivity contribution in [2.24, 2.45) is 0 Å². The van der Waals surface area contributed by atoms with Crippen molar-refractivity contribution in [1.82, 2.24) is 9.80 Å². The number of likely N-dealkylation sites (tertiary alicyclic amines) is 1. The van der Waals surface area contributed by atoms with Gasteiger partial charge in [-0.25, -0.2) is 4.79 Å². The summed E-state index contributed by atoms with van der Waals surface area (Å²) in [4.78, 5) is 52.3. The SMILES string of the molecule is COc1cccc(/C=C2\SC(=O)N(CC(=O)N3CCCCC3)C2=O)c1OCc1cccc(C(=O)O)c1. The van der Waals surface area contributed by atoms with E-state index in [-0.39, 0.29) is 29.5 Å². The summed E-state index contributed by atoms with van der Waals surface area (Å²) >= 11 is 0.773. The van der Waals surface area contributed by atoms with E-state index in [1.54, 1.807) is 41.3 Å². The molecule has 2 saturated heterocycles. The molecule has 0 spiro atoms. The standard InChI is InChI=1S/C26H26N2O7S/c1-34-20-10-6-8-18(23(20)35-16-17-7-5-9-19(13-17)25(31)32)14-21-24(30)28(26(33)36-21)15-22(29)27-11-3-2-4-12-27/h5-10,13-14H,2-4,11-12,15-16H2,1H3,(H,31,32)/b21-14-. The molecule has 4 rings (SSSR count). The monoisotopic (exact) mass is 510 g/mol. The Balaban J connectivity index is 1.53. The lowest BCUT2D eigenvalue weighted by atomic mass is 10.1. The van der Waals surface area contributed by atoms with Crippen LogP contribution in [0.25, 0.3) is 6.08 Å². The van der Waals surface area contributed by atoms with Gasteiger partial charge in [-0.15, -0.1) is 0 Å². The first kappa shape index (κ1) is 25.3. The fourth-order valence-electron chi connectivity index (χ4n) is 4.07. The van der Waals surface area contributed by atoms with Gasteiger partial charge < -0.3 is 19.5 Å². The normalized spacial score (nSPS) is 17.0. The van der Waals surface area contributed by atoms with Crippen molar-refractivity contribution in [3.8, 4) is 11.5 Å². The number of carboxylic acids is 1. The van der Waals surface area contributed by atoms with Gasteiger partial charge >= 0.3 is 5.97 Å². The van der Waals surface area contributed by atoms with Crippen LogP contribution >= 0.6 is 11.8 Å². The molecule has 0 atom stereocenters. The largest absolute Gasteiger partial charge is 0.493 e. The van der Waals surface area contributed by atoms with Crippen molar-refractivity contribution < 1.29 is 33.8 Å². The number of para-hydroxylation sites is 1. The van der Waals surface area contributed by atoms with E-state index in [1.807, 2.05) is 0 Å². The fourth-order valence-corrected chi connectivity index (χ4v) is 4.90. The molecule has 0 aromatic heterocycles. The van der Waals surface area contributed by atoms with Crippen LogP contribution in [0.1, 0.15) is 40.7 Å². The first-order valence-corrected chi connectivity index (χ1v) is 12.3. The summed E-state index contributed by atoms with van der Waals surface area (Å²) in [5.41, 5.74) is 1.30. The Kier molecular flexibility index (Phi) is 7.94. The van der Waals surface area contributed by atoms with Gasteiger partial charge in [0.15, 0.2) is 11.5 Å². The number of carboxylic acid groups (broad SMARTS) is 1. The summed E-state index contributed by atoms with van der Waals surface area (Å²) < 4.78 is 11.4. The molecule has 0 bridgehead atoms.